The minimum absolute atomic E-state index is 0.0318. The van der Waals surface area contributed by atoms with Gasteiger partial charge < -0.3 is 19.5 Å². The average molecular weight is 380 g/mol. The van der Waals surface area contributed by atoms with Crippen molar-refractivity contribution in [2.45, 2.75) is 6.42 Å². The third-order valence-electron chi connectivity index (χ3n) is 3.65. The van der Waals surface area contributed by atoms with Gasteiger partial charge in [-0.3, -0.25) is 4.79 Å². The van der Waals surface area contributed by atoms with Crippen LogP contribution >= 0.6 is 11.6 Å². The molecule has 1 aliphatic rings. The van der Waals surface area contributed by atoms with Crippen LogP contribution in [0.1, 0.15) is 15.9 Å². The molecule has 0 saturated carbocycles. The lowest BCUT2D eigenvalue weighted by atomic mass is 10.1. The van der Waals surface area contributed by atoms with E-state index >= 15 is 0 Å². The maximum atomic E-state index is 12.8. The van der Waals surface area contributed by atoms with Crippen molar-refractivity contribution in [1.82, 2.24) is 5.32 Å². The van der Waals surface area contributed by atoms with Crippen LogP contribution in [-0.2, 0) is 16.0 Å². The Morgan fingerprint density at radius 3 is 2.73 bits per heavy atom. The predicted octanol–water partition coefficient (Wildman–Crippen LogP) is 2.72. The van der Waals surface area contributed by atoms with Crippen LogP contribution in [-0.4, -0.2) is 31.8 Å². The smallest absolute Gasteiger partial charge is 0.338 e. The highest BCUT2D eigenvalue weighted by molar-refractivity contribution is 6.32. The standard InChI is InChI=1S/C18H15ClFNO5/c19-14-7-12(8-15-17(14)26-10-25-15)18(23)24-9-16(22)21-6-5-11-1-3-13(20)4-2-11/h1-4,7-8H,5-6,9-10H2,(H,21,22). The molecule has 0 aromatic heterocycles. The largest absolute Gasteiger partial charge is 0.454 e. The van der Waals surface area contributed by atoms with Crippen LogP contribution in [0, 0.1) is 5.82 Å². The third kappa shape index (κ3) is 4.43. The molecule has 0 atom stereocenters. The summed E-state index contributed by atoms with van der Waals surface area (Å²) in [7, 11) is 0. The first-order valence-electron chi connectivity index (χ1n) is 7.80. The predicted molar refractivity (Wildman–Crippen MR) is 91.0 cm³/mol. The lowest BCUT2D eigenvalue weighted by Gasteiger charge is -2.08. The number of nitrogens with one attached hydrogen (secondary N) is 1. The Kier molecular flexibility index (Phi) is 5.58. The number of ether oxygens (including phenoxy) is 3. The van der Waals surface area contributed by atoms with Gasteiger partial charge in [-0.05, 0) is 36.2 Å². The molecule has 0 aliphatic carbocycles. The number of halogens is 2. The topological polar surface area (TPSA) is 73.9 Å². The molecule has 0 fully saturated rings. The Morgan fingerprint density at radius 2 is 1.96 bits per heavy atom. The second-order valence-corrected chi connectivity index (χ2v) is 5.90. The molecule has 8 heteroatoms. The van der Waals surface area contributed by atoms with Crippen molar-refractivity contribution >= 4 is 23.5 Å². The fourth-order valence-electron chi connectivity index (χ4n) is 2.35. The Hall–Kier alpha value is -2.80. The van der Waals surface area contributed by atoms with Gasteiger partial charge in [-0.25, -0.2) is 9.18 Å². The molecule has 26 heavy (non-hydrogen) atoms. The van der Waals surface area contributed by atoms with Crippen LogP contribution in [0.5, 0.6) is 11.5 Å². The van der Waals surface area contributed by atoms with E-state index in [0.29, 0.717) is 24.5 Å². The SMILES string of the molecule is O=C(COC(=O)c1cc(Cl)c2c(c1)OCO2)NCCc1ccc(F)cc1. The van der Waals surface area contributed by atoms with E-state index < -0.39 is 18.5 Å². The van der Waals surface area contributed by atoms with Crippen molar-refractivity contribution in [2.75, 3.05) is 19.9 Å². The van der Waals surface area contributed by atoms with Gasteiger partial charge in [0.15, 0.2) is 18.1 Å². The molecule has 2 aromatic rings. The minimum atomic E-state index is -0.695. The van der Waals surface area contributed by atoms with Gasteiger partial charge in [-0.2, -0.15) is 0 Å². The first kappa shape index (κ1) is 18.0. The van der Waals surface area contributed by atoms with Crippen LogP contribution in [0.3, 0.4) is 0 Å². The van der Waals surface area contributed by atoms with E-state index in [4.69, 9.17) is 25.8 Å². The van der Waals surface area contributed by atoms with Gasteiger partial charge in [0, 0.05) is 6.54 Å². The van der Waals surface area contributed by atoms with Gasteiger partial charge in [-0.15, -0.1) is 0 Å². The van der Waals surface area contributed by atoms with Gasteiger partial charge in [0.2, 0.25) is 6.79 Å². The van der Waals surface area contributed by atoms with E-state index in [-0.39, 0.29) is 23.2 Å². The molecule has 0 spiro atoms. The molecule has 6 nitrogen and oxygen atoms in total. The molecule has 1 heterocycles. The van der Waals surface area contributed by atoms with Crippen molar-refractivity contribution < 1.29 is 28.2 Å². The average Bonchev–Trinajstić information content (AvgIpc) is 3.10. The van der Waals surface area contributed by atoms with E-state index in [1.807, 2.05) is 0 Å². The maximum Gasteiger partial charge on any atom is 0.338 e. The number of esters is 1. The number of amides is 1. The lowest BCUT2D eigenvalue weighted by molar-refractivity contribution is -0.124. The first-order valence-corrected chi connectivity index (χ1v) is 8.18. The number of hydrogen-bond acceptors (Lipinski definition) is 5. The Balaban J connectivity index is 1.45. The number of carbonyl (C=O) groups is 2. The Labute approximate surface area is 153 Å². The molecule has 0 unspecified atom stereocenters. The maximum absolute atomic E-state index is 12.8. The number of fused-ring (bicyclic) bond motifs is 1. The van der Waals surface area contributed by atoms with E-state index in [1.165, 1.54) is 24.3 Å². The summed E-state index contributed by atoms with van der Waals surface area (Å²) in [6.45, 7) is -0.0454. The van der Waals surface area contributed by atoms with Gasteiger partial charge in [0.1, 0.15) is 5.82 Å². The van der Waals surface area contributed by atoms with Crippen molar-refractivity contribution in [2.24, 2.45) is 0 Å². The molecule has 3 rings (SSSR count). The molecular formula is C18H15ClFNO5. The zero-order valence-corrected chi connectivity index (χ0v) is 14.3. The Morgan fingerprint density at radius 1 is 1.19 bits per heavy atom. The van der Waals surface area contributed by atoms with E-state index in [9.17, 15) is 14.0 Å². The van der Waals surface area contributed by atoms with Gasteiger partial charge >= 0.3 is 5.97 Å². The summed E-state index contributed by atoms with van der Waals surface area (Å²) < 4.78 is 28.1. The summed E-state index contributed by atoms with van der Waals surface area (Å²) in [5, 5.41) is 2.86. The summed E-state index contributed by atoms with van der Waals surface area (Å²) in [4.78, 5) is 23.8. The quantitative estimate of drug-likeness (QED) is 0.781. The first-order chi connectivity index (χ1) is 12.5. The summed E-state index contributed by atoms with van der Waals surface area (Å²) in [5.41, 5.74) is 1.05. The highest BCUT2D eigenvalue weighted by Crippen LogP contribution is 2.39. The lowest BCUT2D eigenvalue weighted by Crippen LogP contribution is -2.30. The van der Waals surface area contributed by atoms with Crippen LogP contribution in [0.25, 0.3) is 0 Å². The molecule has 1 amide bonds. The second-order valence-electron chi connectivity index (χ2n) is 5.49. The summed E-state index contributed by atoms with van der Waals surface area (Å²) in [6, 6.07) is 8.84. The van der Waals surface area contributed by atoms with E-state index in [1.54, 1.807) is 12.1 Å². The molecular weight excluding hydrogens is 365 g/mol. The summed E-state index contributed by atoms with van der Waals surface area (Å²) in [6.07, 6.45) is 0.539. The van der Waals surface area contributed by atoms with Crippen molar-refractivity contribution in [3.63, 3.8) is 0 Å². The third-order valence-corrected chi connectivity index (χ3v) is 3.93. The minimum Gasteiger partial charge on any atom is -0.454 e. The van der Waals surface area contributed by atoms with Crippen LogP contribution in [0.15, 0.2) is 36.4 Å². The highest BCUT2D eigenvalue weighted by atomic mass is 35.5. The van der Waals surface area contributed by atoms with Crippen LogP contribution in [0.4, 0.5) is 4.39 Å². The van der Waals surface area contributed by atoms with Gasteiger partial charge in [0.25, 0.3) is 5.91 Å². The van der Waals surface area contributed by atoms with Crippen molar-refractivity contribution in [3.05, 3.63) is 58.4 Å². The molecule has 0 radical (unpaired) electrons. The van der Waals surface area contributed by atoms with Gasteiger partial charge in [-0.1, -0.05) is 23.7 Å². The second kappa shape index (κ2) is 8.05. The molecule has 0 bridgehead atoms. The fraction of sp³-hybridized carbons (Fsp3) is 0.222. The molecule has 1 aliphatic heterocycles. The van der Waals surface area contributed by atoms with Crippen molar-refractivity contribution in [3.8, 4) is 11.5 Å². The summed E-state index contributed by atoms with van der Waals surface area (Å²) >= 11 is 6.00. The number of rotatable bonds is 6. The van der Waals surface area contributed by atoms with E-state index in [0.717, 1.165) is 5.56 Å². The van der Waals surface area contributed by atoms with Crippen molar-refractivity contribution in [1.29, 1.82) is 0 Å². The molecule has 1 N–H and O–H groups in total. The molecule has 2 aromatic carbocycles. The zero-order valence-electron chi connectivity index (χ0n) is 13.6. The monoisotopic (exact) mass is 379 g/mol. The molecule has 136 valence electrons. The highest BCUT2D eigenvalue weighted by Gasteiger charge is 2.21. The molecule has 0 saturated heterocycles. The zero-order chi connectivity index (χ0) is 18.5. The Bertz CT molecular complexity index is 825. The van der Waals surface area contributed by atoms with E-state index in [2.05, 4.69) is 5.32 Å². The normalized spacial score (nSPS) is 11.9. The number of benzene rings is 2. The van der Waals surface area contributed by atoms with Crippen LogP contribution in [0.2, 0.25) is 5.02 Å². The van der Waals surface area contributed by atoms with Gasteiger partial charge in [0.05, 0.1) is 10.6 Å². The number of carbonyl (C=O) groups excluding carboxylic acids is 2. The van der Waals surface area contributed by atoms with Crippen LogP contribution < -0.4 is 14.8 Å². The fourth-order valence-corrected chi connectivity index (χ4v) is 2.61. The summed E-state index contributed by atoms with van der Waals surface area (Å²) in [5.74, 6) is -0.713. The number of hydrogen-bond donors (Lipinski definition) is 1.